The molecule has 0 bridgehead atoms. The Labute approximate surface area is 232 Å². The average molecular weight is 507 g/mol. The van der Waals surface area contributed by atoms with E-state index in [9.17, 15) is 0 Å². The standard InChI is InChI=1S/C18H36.C18H38/c1-3-5-6-7-8-9-10-11-12-13-14-15-18-16-17(18)4-2;1-3-5-7-9-11-13-15-17-18-16-14-12-10-8-6-4-2/h17-18H,3-16H2,1-2H3;3-18H2,1-2H3. The van der Waals surface area contributed by atoms with Gasteiger partial charge in [-0.05, 0) is 18.3 Å². The van der Waals surface area contributed by atoms with E-state index in [0.717, 1.165) is 11.8 Å². The Balaban J connectivity index is 0.000000681. The molecule has 36 heavy (non-hydrogen) atoms. The highest BCUT2D eigenvalue weighted by Gasteiger charge is 2.33. The average Bonchev–Trinajstić information content (AvgIpc) is 3.66. The predicted octanol–water partition coefficient (Wildman–Crippen LogP) is 14.0. The van der Waals surface area contributed by atoms with E-state index in [4.69, 9.17) is 0 Å². The first-order valence-electron chi connectivity index (χ1n) is 17.8. The monoisotopic (exact) mass is 507 g/mol. The van der Waals surface area contributed by atoms with E-state index in [-0.39, 0.29) is 0 Å². The van der Waals surface area contributed by atoms with Crippen molar-refractivity contribution in [2.75, 3.05) is 0 Å². The minimum absolute atomic E-state index is 1.12. The Morgan fingerprint density at radius 1 is 0.306 bits per heavy atom. The highest BCUT2D eigenvalue weighted by Crippen LogP contribution is 2.44. The summed E-state index contributed by atoms with van der Waals surface area (Å²) in [6.07, 6.45) is 44.2. The maximum Gasteiger partial charge on any atom is -0.0383 e. The van der Waals surface area contributed by atoms with Crippen LogP contribution in [0.5, 0.6) is 0 Å². The summed E-state index contributed by atoms with van der Waals surface area (Å²) < 4.78 is 0. The van der Waals surface area contributed by atoms with Gasteiger partial charge in [-0.1, -0.05) is 214 Å². The molecule has 0 spiro atoms. The molecule has 0 aromatic rings. The molecule has 0 aromatic heterocycles. The van der Waals surface area contributed by atoms with Crippen LogP contribution in [0.25, 0.3) is 0 Å². The first-order valence-corrected chi connectivity index (χ1v) is 17.8. The first kappa shape index (κ1) is 36.0. The van der Waals surface area contributed by atoms with E-state index in [0.29, 0.717) is 0 Å². The maximum absolute atomic E-state index is 2.35. The summed E-state index contributed by atoms with van der Waals surface area (Å²) in [6.45, 7) is 9.24. The minimum atomic E-state index is 1.12. The van der Waals surface area contributed by atoms with E-state index in [1.54, 1.807) is 6.42 Å². The van der Waals surface area contributed by atoms with Gasteiger partial charge in [0, 0.05) is 0 Å². The molecular weight excluding hydrogens is 432 g/mol. The van der Waals surface area contributed by atoms with Crippen molar-refractivity contribution in [1.29, 1.82) is 0 Å². The first-order chi connectivity index (χ1) is 17.8. The minimum Gasteiger partial charge on any atom is -0.0654 e. The fourth-order valence-corrected chi connectivity index (χ4v) is 5.86. The van der Waals surface area contributed by atoms with E-state index in [2.05, 4.69) is 27.7 Å². The molecule has 0 amide bonds. The molecule has 0 nitrogen and oxygen atoms in total. The van der Waals surface area contributed by atoms with Crippen molar-refractivity contribution >= 4 is 0 Å². The van der Waals surface area contributed by atoms with Crippen molar-refractivity contribution in [3.63, 3.8) is 0 Å². The topological polar surface area (TPSA) is 0 Å². The summed E-state index contributed by atoms with van der Waals surface area (Å²) >= 11 is 0. The fraction of sp³-hybridized carbons (Fsp3) is 1.00. The van der Waals surface area contributed by atoms with E-state index >= 15 is 0 Å². The smallest absolute Gasteiger partial charge is 0.0383 e. The van der Waals surface area contributed by atoms with Crippen molar-refractivity contribution < 1.29 is 0 Å². The summed E-state index contributed by atoms with van der Waals surface area (Å²) in [6, 6.07) is 0. The van der Waals surface area contributed by atoms with Gasteiger partial charge in [0.1, 0.15) is 0 Å². The van der Waals surface area contributed by atoms with Gasteiger partial charge < -0.3 is 0 Å². The molecule has 1 aliphatic carbocycles. The van der Waals surface area contributed by atoms with Gasteiger partial charge in [0.15, 0.2) is 0 Å². The SMILES string of the molecule is CCCCCCCCCCCCCC1CC1CC.CCCCCCCCCCCCCCCCCC. The lowest BCUT2D eigenvalue weighted by Gasteiger charge is -2.03. The molecule has 0 saturated heterocycles. The van der Waals surface area contributed by atoms with Crippen LogP contribution in [0.4, 0.5) is 0 Å². The van der Waals surface area contributed by atoms with Crippen LogP contribution in [0.15, 0.2) is 0 Å². The quantitative estimate of drug-likeness (QED) is 0.0925. The molecule has 0 heterocycles. The van der Waals surface area contributed by atoms with Crippen LogP contribution in [0.1, 0.15) is 220 Å². The van der Waals surface area contributed by atoms with Gasteiger partial charge >= 0.3 is 0 Å². The zero-order valence-electron chi connectivity index (χ0n) is 26.4. The second-order valence-electron chi connectivity index (χ2n) is 12.4. The number of hydrogen-bond donors (Lipinski definition) is 0. The van der Waals surface area contributed by atoms with Crippen molar-refractivity contribution in [2.45, 2.75) is 220 Å². The van der Waals surface area contributed by atoms with E-state index in [1.807, 2.05) is 0 Å². The van der Waals surface area contributed by atoms with Gasteiger partial charge in [-0.3, -0.25) is 0 Å². The summed E-state index contributed by atoms with van der Waals surface area (Å²) in [5, 5.41) is 0. The molecule has 1 rings (SSSR count). The highest BCUT2D eigenvalue weighted by molar-refractivity contribution is 4.84. The Bertz CT molecular complexity index is 356. The second kappa shape index (κ2) is 31.2. The van der Waals surface area contributed by atoms with Crippen LogP contribution in [-0.2, 0) is 0 Å². The van der Waals surface area contributed by atoms with Gasteiger partial charge in [0.05, 0.1) is 0 Å². The Kier molecular flexibility index (Phi) is 31.2. The van der Waals surface area contributed by atoms with Crippen molar-refractivity contribution in [3.8, 4) is 0 Å². The Hall–Kier alpha value is 0. The molecule has 218 valence electrons. The molecule has 0 radical (unpaired) electrons. The highest BCUT2D eigenvalue weighted by atomic mass is 14.4. The number of hydrogen-bond acceptors (Lipinski definition) is 0. The molecule has 1 fully saturated rings. The third-order valence-electron chi connectivity index (χ3n) is 8.73. The molecule has 0 N–H and O–H groups in total. The summed E-state index contributed by atoms with van der Waals surface area (Å²) in [5.74, 6) is 2.25. The van der Waals surface area contributed by atoms with E-state index in [1.165, 1.54) is 186 Å². The second-order valence-corrected chi connectivity index (χ2v) is 12.4. The lowest BCUT2D eigenvalue weighted by atomic mass is 10.0. The summed E-state index contributed by atoms with van der Waals surface area (Å²) in [5.41, 5.74) is 0. The molecule has 2 atom stereocenters. The Morgan fingerprint density at radius 3 is 0.778 bits per heavy atom. The molecule has 0 aliphatic heterocycles. The number of unbranched alkanes of at least 4 members (excludes halogenated alkanes) is 25. The van der Waals surface area contributed by atoms with Crippen molar-refractivity contribution in [1.82, 2.24) is 0 Å². The molecule has 2 unspecified atom stereocenters. The third kappa shape index (κ3) is 28.6. The predicted molar refractivity (Wildman–Crippen MR) is 168 cm³/mol. The lowest BCUT2D eigenvalue weighted by molar-refractivity contribution is 0.525. The largest absolute Gasteiger partial charge is 0.0654 e. The molecule has 1 saturated carbocycles. The summed E-state index contributed by atoms with van der Waals surface area (Å²) in [7, 11) is 0. The van der Waals surface area contributed by atoms with Gasteiger partial charge in [0.2, 0.25) is 0 Å². The number of rotatable bonds is 28. The molecule has 1 aliphatic rings. The van der Waals surface area contributed by atoms with Gasteiger partial charge in [0.25, 0.3) is 0 Å². The summed E-state index contributed by atoms with van der Waals surface area (Å²) in [4.78, 5) is 0. The zero-order chi connectivity index (χ0) is 26.4. The zero-order valence-corrected chi connectivity index (χ0v) is 26.4. The van der Waals surface area contributed by atoms with E-state index < -0.39 is 0 Å². The van der Waals surface area contributed by atoms with Gasteiger partial charge in [-0.2, -0.15) is 0 Å². The van der Waals surface area contributed by atoms with Crippen LogP contribution in [0.3, 0.4) is 0 Å². The van der Waals surface area contributed by atoms with Crippen LogP contribution in [0, 0.1) is 11.8 Å². The normalized spacial score (nSPS) is 16.7. The lowest BCUT2D eigenvalue weighted by Crippen LogP contribution is -1.85. The van der Waals surface area contributed by atoms with Gasteiger partial charge in [-0.15, -0.1) is 0 Å². The molecular formula is C36H74. The van der Waals surface area contributed by atoms with Crippen molar-refractivity contribution in [3.05, 3.63) is 0 Å². The third-order valence-corrected chi connectivity index (χ3v) is 8.73. The molecule has 0 aromatic carbocycles. The van der Waals surface area contributed by atoms with Crippen LogP contribution in [0.2, 0.25) is 0 Å². The Morgan fingerprint density at radius 2 is 0.556 bits per heavy atom. The maximum atomic E-state index is 2.35. The fourth-order valence-electron chi connectivity index (χ4n) is 5.86. The van der Waals surface area contributed by atoms with Crippen LogP contribution < -0.4 is 0 Å². The van der Waals surface area contributed by atoms with Gasteiger partial charge in [-0.25, -0.2) is 0 Å². The molecule has 0 heteroatoms. The van der Waals surface area contributed by atoms with Crippen molar-refractivity contribution in [2.24, 2.45) is 11.8 Å². The van der Waals surface area contributed by atoms with Crippen LogP contribution >= 0.6 is 0 Å². The van der Waals surface area contributed by atoms with Crippen LogP contribution in [-0.4, -0.2) is 0 Å².